The summed E-state index contributed by atoms with van der Waals surface area (Å²) in [7, 11) is 0. The molecule has 3 heteroatoms. The lowest BCUT2D eigenvalue weighted by atomic mass is 10.2. The van der Waals surface area contributed by atoms with E-state index in [0.717, 1.165) is 17.3 Å². The molecule has 0 aromatic heterocycles. The average molecular weight is 230 g/mol. The van der Waals surface area contributed by atoms with Gasteiger partial charge in [0.05, 0.1) is 0 Å². The predicted octanol–water partition coefficient (Wildman–Crippen LogP) is 3.86. The van der Waals surface area contributed by atoms with Gasteiger partial charge in [-0.25, -0.2) is 0 Å². The van der Waals surface area contributed by atoms with Gasteiger partial charge in [0.1, 0.15) is 0 Å². The molecular weight excluding hydrogens is 217 g/mol. The molecule has 0 amide bonds. The monoisotopic (exact) mass is 229 g/mol. The minimum absolute atomic E-state index is 0.552. The number of benzene rings is 1. The van der Waals surface area contributed by atoms with E-state index in [1.807, 2.05) is 37.3 Å². The molecule has 0 fully saturated rings. The first-order valence-electron chi connectivity index (χ1n) is 4.45. The number of allylic oxidation sites excluding steroid dienone is 1. The molecule has 1 aromatic rings. The normalized spacial score (nSPS) is 10.8. The molecule has 0 aliphatic rings. The Morgan fingerprint density at radius 3 is 2.86 bits per heavy atom. The van der Waals surface area contributed by atoms with Gasteiger partial charge in [-0.05, 0) is 24.6 Å². The Balaban J connectivity index is 2.57. The zero-order valence-corrected chi connectivity index (χ0v) is 9.57. The zero-order chi connectivity index (χ0) is 10.4. The third-order valence-corrected chi connectivity index (χ3v) is 2.28. The minimum atomic E-state index is 0.552. The topological polar surface area (TPSA) is 12.0 Å². The number of aryl methyl sites for hydroxylation is 1. The molecule has 14 heavy (non-hydrogen) atoms. The van der Waals surface area contributed by atoms with Gasteiger partial charge in [0, 0.05) is 23.1 Å². The van der Waals surface area contributed by atoms with Crippen LogP contribution in [0.4, 0.5) is 5.69 Å². The van der Waals surface area contributed by atoms with Gasteiger partial charge in [0.15, 0.2) is 0 Å². The highest BCUT2D eigenvalue weighted by Crippen LogP contribution is 2.19. The van der Waals surface area contributed by atoms with E-state index in [1.54, 1.807) is 0 Å². The molecular formula is C11H13Cl2N. The van der Waals surface area contributed by atoms with Crippen molar-refractivity contribution < 1.29 is 0 Å². The molecule has 0 heterocycles. The molecule has 0 spiro atoms. The summed E-state index contributed by atoms with van der Waals surface area (Å²) in [5.41, 5.74) is 2.25. The van der Waals surface area contributed by atoms with Crippen LogP contribution in [-0.2, 0) is 0 Å². The molecule has 0 saturated carbocycles. The standard InChI is InChI=1S/C11H13Cl2N/c1-9-4-5-10(13)8-11(9)14-7-3-2-6-12/h2-5,8,14H,6-7H2,1H3/b3-2+. The number of hydrogen-bond acceptors (Lipinski definition) is 1. The van der Waals surface area contributed by atoms with Crippen LogP contribution in [0.25, 0.3) is 0 Å². The van der Waals surface area contributed by atoms with Crippen molar-refractivity contribution in [2.45, 2.75) is 6.92 Å². The van der Waals surface area contributed by atoms with E-state index < -0.39 is 0 Å². The van der Waals surface area contributed by atoms with E-state index >= 15 is 0 Å². The fraction of sp³-hybridized carbons (Fsp3) is 0.273. The second kappa shape index (κ2) is 5.94. The van der Waals surface area contributed by atoms with Gasteiger partial charge in [0.2, 0.25) is 0 Å². The lowest BCUT2D eigenvalue weighted by molar-refractivity contribution is 1.30. The second-order valence-electron chi connectivity index (χ2n) is 2.97. The quantitative estimate of drug-likeness (QED) is 0.611. The Kier molecular flexibility index (Phi) is 4.85. The largest absolute Gasteiger partial charge is 0.381 e. The third-order valence-electron chi connectivity index (χ3n) is 1.87. The Hall–Kier alpha value is -0.660. The van der Waals surface area contributed by atoms with Crippen LogP contribution in [0.15, 0.2) is 30.4 Å². The van der Waals surface area contributed by atoms with E-state index in [2.05, 4.69) is 5.32 Å². The Bertz CT molecular complexity index is 321. The molecule has 0 unspecified atom stereocenters. The summed E-state index contributed by atoms with van der Waals surface area (Å²) in [4.78, 5) is 0. The molecule has 0 aliphatic heterocycles. The van der Waals surface area contributed by atoms with Gasteiger partial charge in [-0.3, -0.25) is 0 Å². The molecule has 1 aromatic carbocycles. The fourth-order valence-electron chi connectivity index (χ4n) is 1.10. The molecule has 0 radical (unpaired) electrons. The van der Waals surface area contributed by atoms with E-state index in [9.17, 15) is 0 Å². The van der Waals surface area contributed by atoms with Gasteiger partial charge >= 0.3 is 0 Å². The maximum Gasteiger partial charge on any atom is 0.0426 e. The summed E-state index contributed by atoms with van der Waals surface area (Å²) in [5, 5.41) is 4.01. The lowest BCUT2D eigenvalue weighted by Crippen LogP contribution is -1.99. The van der Waals surface area contributed by atoms with Crippen LogP contribution in [0, 0.1) is 6.92 Å². The molecule has 0 bridgehead atoms. The average Bonchev–Trinajstić information content (AvgIpc) is 2.18. The van der Waals surface area contributed by atoms with E-state index in [-0.39, 0.29) is 0 Å². The van der Waals surface area contributed by atoms with Crippen molar-refractivity contribution in [3.63, 3.8) is 0 Å². The van der Waals surface area contributed by atoms with E-state index in [0.29, 0.717) is 5.88 Å². The molecule has 1 N–H and O–H groups in total. The highest BCUT2D eigenvalue weighted by atomic mass is 35.5. The van der Waals surface area contributed by atoms with Crippen molar-refractivity contribution in [3.05, 3.63) is 40.9 Å². The first-order chi connectivity index (χ1) is 6.74. The maximum atomic E-state index is 5.88. The van der Waals surface area contributed by atoms with Crippen LogP contribution >= 0.6 is 23.2 Å². The van der Waals surface area contributed by atoms with E-state index in [4.69, 9.17) is 23.2 Å². The van der Waals surface area contributed by atoms with Crippen LogP contribution in [0.3, 0.4) is 0 Å². The third kappa shape index (κ3) is 3.60. The fourth-order valence-corrected chi connectivity index (χ4v) is 1.40. The number of rotatable bonds is 4. The minimum Gasteiger partial charge on any atom is -0.381 e. The van der Waals surface area contributed by atoms with Crippen LogP contribution < -0.4 is 5.32 Å². The summed E-state index contributed by atoms with van der Waals surface area (Å²) >= 11 is 11.4. The van der Waals surface area contributed by atoms with Gasteiger partial charge < -0.3 is 5.32 Å². The predicted molar refractivity (Wildman–Crippen MR) is 64.5 cm³/mol. The number of nitrogens with one attached hydrogen (secondary N) is 1. The van der Waals surface area contributed by atoms with E-state index in [1.165, 1.54) is 5.56 Å². The van der Waals surface area contributed by atoms with Crippen molar-refractivity contribution in [1.29, 1.82) is 0 Å². The van der Waals surface area contributed by atoms with Gasteiger partial charge in [0.25, 0.3) is 0 Å². The van der Waals surface area contributed by atoms with Gasteiger partial charge in [-0.1, -0.05) is 29.8 Å². The van der Waals surface area contributed by atoms with Crippen LogP contribution in [0.5, 0.6) is 0 Å². The first kappa shape index (κ1) is 11.4. The molecule has 1 rings (SSSR count). The van der Waals surface area contributed by atoms with Crippen molar-refractivity contribution >= 4 is 28.9 Å². The highest BCUT2D eigenvalue weighted by Gasteiger charge is 1.96. The molecule has 1 nitrogen and oxygen atoms in total. The molecule has 0 atom stereocenters. The van der Waals surface area contributed by atoms with Gasteiger partial charge in [-0.15, -0.1) is 11.6 Å². The van der Waals surface area contributed by atoms with Crippen molar-refractivity contribution in [1.82, 2.24) is 0 Å². The van der Waals surface area contributed by atoms with Gasteiger partial charge in [-0.2, -0.15) is 0 Å². The Morgan fingerprint density at radius 2 is 2.14 bits per heavy atom. The number of halogens is 2. The van der Waals surface area contributed by atoms with Crippen LogP contribution in [0.1, 0.15) is 5.56 Å². The number of alkyl halides is 1. The summed E-state index contributed by atoms with van der Waals surface area (Å²) in [5.74, 6) is 0.552. The zero-order valence-electron chi connectivity index (χ0n) is 8.06. The molecule has 0 aliphatic carbocycles. The second-order valence-corrected chi connectivity index (χ2v) is 3.71. The maximum absolute atomic E-state index is 5.88. The van der Waals surface area contributed by atoms with Crippen molar-refractivity contribution in [2.24, 2.45) is 0 Å². The lowest BCUT2D eigenvalue weighted by Gasteiger charge is -2.07. The highest BCUT2D eigenvalue weighted by molar-refractivity contribution is 6.30. The Morgan fingerprint density at radius 1 is 1.36 bits per heavy atom. The van der Waals surface area contributed by atoms with Crippen molar-refractivity contribution in [2.75, 3.05) is 17.7 Å². The summed E-state index contributed by atoms with van der Waals surface area (Å²) < 4.78 is 0. The van der Waals surface area contributed by atoms with Crippen LogP contribution in [-0.4, -0.2) is 12.4 Å². The summed E-state index contributed by atoms with van der Waals surface area (Å²) in [6, 6.07) is 5.80. The van der Waals surface area contributed by atoms with Crippen molar-refractivity contribution in [3.8, 4) is 0 Å². The summed E-state index contributed by atoms with van der Waals surface area (Å²) in [6.45, 7) is 2.82. The number of anilines is 1. The van der Waals surface area contributed by atoms with Crippen LogP contribution in [0.2, 0.25) is 5.02 Å². The molecule has 76 valence electrons. The summed E-state index contributed by atoms with van der Waals surface area (Å²) in [6.07, 6.45) is 3.90. The molecule has 0 saturated heterocycles. The smallest absolute Gasteiger partial charge is 0.0426 e. The number of hydrogen-bond donors (Lipinski definition) is 1. The first-order valence-corrected chi connectivity index (χ1v) is 5.36. The Labute approximate surface area is 94.7 Å². The SMILES string of the molecule is Cc1ccc(Cl)cc1NC/C=C/CCl.